The van der Waals surface area contributed by atoms with Crippen LogP contribution in [0.5, 0.6) is 0 Å². The van der Waals surface area contributed by atoms with E-state index in [0.717, 1.165) is 19.5 Å². The second kappa shape index (κ2) is 4.82. The third kappa shape index (κ3) is 2.43. The molecule has 1 aliphatic heterocycles. The van der Waals surface area contributed by atoms with Gasteiger partial charge in [0.05, 0.1) is 0 Å². The molecule has 1 nitrogen and oxygen atoms in total. The van der Waals surface area contributed by atoms with E-state index >= 15 is 0 Å². The molecule has 1 heteroatoms. The molecule has 0 unspecified atom stereocenters. The van der Waals surface area contributed by atoms with E-state index in [1.54, 1.807) is 0 Å². The average Bonchev–Trinajstić information content (AvgIpc) is 2.34. The lowest BCUT2D eigenvalue weighted by Gasteiger charge is -2.43. The Balaban J connectivity index is 1.91. The van der Waals surface area contributed by atoms with Crippen molar-refractivity contribution < 1.29 is 0 Å². The van der Waals surface area contributed by atoms with Gasteiger partial charge in [-0.05, 0) is 31.4 Å². The Hall–Kier alpha value is -1.60. The van der Waals surface area contributed by atoms with Crippen molar-refractivity contribution in [2.75, 3.05) is 13.1 Å². The van der Waals surface area contributed by atoms with Crippen molar-refractivity contribution in [3.8, 4) is 0 Å². The van der Waals surface area contributed by atoms with Crippen LogP contribution in [-0.2, 0) is 11.8 Å². The molecule has 19 heavy (non-hydrogen) atoms. The molecular weight excluding hydrogens is 230 g/mol. The third-order valence-electron chi connectivity index (χ3n) is 4.18. The van der Waals surface area contributed by atoms with Crippen LogP contribution < -0.4 is 5.32 Å². The smallest absolute Gasteiger partial charge is 0.0243 e. The molecule has 0 atom stereocenters. The molecule has 0 aliphatic carbocycles. The second-order valence-electron chi connectivity index (χ2n) is 5.92. The average molecular weight is 251 g/mol. The van der Waals surface area contributed by atoms with Crippen LogP contribution in [0, 0.1) is 13.8 Å². The monoisotopic (exact) mass is 251 g/mol. The van der Waals surface area contributed by atoms with Crippen molar-refractivity contribution in [2.24, 2.45) is 0 Å². The summed E-state index contributed by atoms with van der Waals surface area (Å²) in [6, 6.07) is 17.9. The lowest BCUT2D eigenvalue weighted by atomic mass is 9.70. The van der Waals surface area contributed by atoms with E-state index in [1.807, 2.05) is 0 Å². The van der Waals surface area contributed by atoms with Gasteiger partial charge in [-0.2, -0.15) is 0 Å². The fraction of sp³-hybridized carbons (Fsp3) is 0.333. The highest BCUT2D eigenvalue weighted by Gasteiger charge is 2.38. The third-order valence-corrected chi connectivity index (χ3v) is 4.18. The normalized spacial score (nSPS) is 16.9. The highest BCUT2D eigenvalue weighted by molar-refractivity contribution is 5.36. The molecule has 1 saturated heterocycles. The minimum atomic E-state index is 0.291. The highest BCUT2D eigenvalue weighted by atomic mass is 15.0. The first-order chi connectivity index (χ1) is 9.18. The molecule has 1 heterocycles. The van der Waals surface area contributed by atoms with Crippen LogP contribution in [0.25, 0.3) is 0 Å². The molecule has 1 aliphatic rings. The Morgan fingerprint density at radius 3 is 2.21 bits per heavy atom. The summed E-state index contributed by atoms with van der Waals surface area (Å²) in [5, 5.41) is 3.45. The first kappa shape index (κ1) is 12.4. The van der Waals surface area contributed by atoms with Crippen molar-refractivity contribution in [1.29, 1.82) is 0 Å². The van der Waals surface area contributed by atoms with E-state index < -0.39 is 0 Å². The van der Waals surface area contributed by atoms with Gasteiger partial charge in [0, 0.05) is 18.5 Å². The minimum Gasteiger partial charge on any atom is -0.315 e. The molecule has 2 aromatic carbocycles. The first-order valence-electron chi connectivity index (χ1n) is 7.01. The molecule has 2 aromatic rings. The van der Waals surface area contributed by atoms with E-state index in [4.69, 9.17) is 0 Å². The van der Waals surface area contributed by atoms with Crippen LogP contribution in [0.15, 0.2) is 48.5 Å². The lowest BCUT2D eigenvalue weighted by Crippen LogP contribution is -2.58. The molecular formula is C18H21N. The predicted octanol–water partition coefficient (Wildman–Crippen LogP) is 3.39. The number of benzene rings is 2. The van der Waals surface area contributed by atoms with E-state index in [-0.39, 0.29) is 0 Å². The van der Waals surface area contributed by atoms with E-state index in [9.17, 15) is 0 Å². The highest BCUT2D eigenvalue weighted by Crippen LogP contribution is 2.33. The first-order valence-corrected chi connectivity index (χ1v) is 7.01. The summed E-state index contributed by atoms with van der Waals surface area (Å²) in [6.07, 6.45) is 1.13. The summed E-state index contributed by atoms with van der Waals surface area (Å²) >= 11 is 0. The van der Waals surface area contributed by atoms with Gasteiger partial charge >= 0.3 is 0 Å². The van der Waals surface area contributed by atoms with Crippen molar-refractivity contribution in [2.45, 2.75) is 25.7 Å². The number of rotatable bonds is 3. The van der Waals surface area contributed by atoms with Crippen molar-refractivity contribution >= 4 is 0 Å². The van der Waals surface area contributed by atoms with Gasteiger partial charge in [0.25, 0.3) is 0 Å². The number of aryl methyl sites for hydroxylation is 2. The maximum atomic E-state index is 3.45. The summed E-state index contributed by atoms with van der Waals surface area (Å²) in [4.78, 5) is 0. The zero-order valence-corrected chi connectivity index (χ0v) is 11.7. The summed E-state index contributed by atoms with van der Waals surface area (Å²) in [6.45, 7) is 6.52. The molecule has 0 spiro atoms. The number of nitrogens with one attached hydrogen (secondary N) is 1. The van der Waals surface area contributed by atoms with Gasteiger partial charge in [-0.3, -0.25) is 0 Å². The topological polar surface area (TPSA) is 12.0 Å². The van der Waals surface area contributed by atoms with Crippen LogP contribution in [0.1, 0.15) is 22.3 Å². The molecule has 1 fully saturated rings. The maximum Gasteiger partial charge on any atom is 0.0243 e. The SMILES string of the molecule is Cc1cccc(CC2(c3cccc(C)c3)CNC2)c1. The van der Waals surface area contributed by atoms with Crippen LogP contribution >= 0.6 is 0 Å². The van der Waals surface area contributed by atoms with Gasteiger partial charge < -0.3 is 5.32 Å². The lowest BCUT2D eigenvalue weighted by molar-refractivity contribution is 0.274. The predicted molar refractivity (Wildman–Crippen MR) is 80.6 cm³/mol. The van der Waals surface area contributed by atoms with Gasteiger partial charge in [0.1, 0.15) is 0 Å². The van der Waals surface area contributed by atoms with Crippen LogP contribution in [-0.4, -0.2) is 13.1 Å². The van der Waals surface area contributed by atoms with E-state index in [2.05, 4.69) is 67.7 Å². The Kier molecular flexibility index (Phi) is 3.16. The molecule has 0 bridgehead atoms. The van der Waals surface area contributed by atoms with Crippen LogP contribution in [0.2, 0.25) is 0 Å². The number of hydrogen-bond donors (Lipinski definition) is 1. The number of hydrogen-bond acceptors (Lipinski definition) is 1. The zero-order valence-electron chi connectivity index (χ0n) is 11.7. The fourth-order valence-corrected chi connectivity index (χ4v) is 3.05. The largest absolute Gasteiger partial charge is 0.315 e. The summed E-state index contributed by atoms with van der Waals surface area (Å²) in [5.41, 5.74) is 5.92. The molecule has 0 saturated carbocycles. The molecule has 0 amide bonds. The summed E-state index contributed by atoms with van der Waals surface area (Å²) < 4.78 is 0. The van der Waals surface area contributed by atoms with Crippen molar-refractivity contribution in [3.05, 3.63) is 70.8 Å². The molecule has 3 rings (SSSR count). The van der Waals surface area contributed by atoms with E-state index in [1.165, 1.54) is 22.3 Å². The molecule has 0 aromatic heterocycles. The van der Waals surface area contributed by atoms with Gasteiger partial charge in [-0.15, -0.1) is 0 Å². The minimum absolute atomic E-state index is 0.291. The van der Waals surface area contributed by atoms with Gasteiger partial charge in [0.15, 0.2) is 0 Å². The molecule has 98 valence electrons. The van der Waals surface area contributed by atoms with Crippen LogP contribution in [0.4, 0.5) is 0 Å². The summed E-state index contributed by atoms with van der Waals surface area (Å²) in [5.74, 6) is 0. The zero-order chi connectivity index (χ0) is 13.3. The maximum absolute atomic E-state index is 3.45. The fourth-order valence-electron chi connectivity index (χ4n) is 3.05. The Morgan fingerprint density at radius 2 is 1.63 bits per heavy atom. The van der Waals surface area contributed by atoms with Gasteiger partial charge in [-0.1, -0.05) is 59.7 Å². The quantitative estimate of drug-likeness (QED) is 0.881. The van der Waals surface area contributed by atoms with Crippen LogP contribution in [0.3, 0.4) is 0 Å². The Labute approximate surface area is 115 Å². The second-order valence-corrected chi connectivity index (χ2v) is 5.92. The standard InChI is InChI=1S/C18H21N/c1-14-5-3-7-16(9-14)11-18(12-19-13-18)17-8-4-6-15(2)10-17/h3-10,19H,11-13H2,1-2H3. The van der Waals surface area contributed by atoms with Crippen molar-refractivity contribution in [3.63, 3.8) is 0 Å². The summed E-state index contributed by atoms with van der Waals surface area (Å²) in [7, 11) is 0. The Morgan fingerprint density at radius 1 is 0.947 bits per heavy atom. The van der Waals surface area contributed by atoms with Crippen molar-refractivity contribution in [1.82, 2.24) is 5.32 Å². The van der Waals surface area contributed by atoms with Gasteiger partial charge in [-0.25, -0.2) is 0 Å². The Bertz CT molecular complexity index is 582. The van der Waals surface area contributed by atoms with Gasteiger partial charge in [0.2, 0.25) is 0 Å². The molecule has 1 N–H and O–H groups in total. The van der Waals surface area contributed by atoms with E-state index in [0.29, 0.717) is 5.41 Å². The molecule has 0 radical (unpaired) electrons.